The number of nitrogens with one attached hydrogen (secondary N) is 1. The first-order valence-electron chi connectivity index (χ1n) is 3.99. The molecule has 1 fully saturated rings. The largest absolute Gasteiger partial charge is 0.395 e. The van der Waals surface area contributed by atoms with Gasteiger partial charge in [0.05, 0.1) is 24.9 Å². The van der Waals surface area contributed by atoms with Gasteiger partial charge in [-0.25, -0.2) is 0 Å². The minimum absolute atomic E-state index is 0.304. The van der Waals surface area contributed by atoms with Crippen LogP contribution in [0, 0.1) is 5.92 Å². The number of rotatable bonds is 1. The number of hydrogen-bond acceptors (Lipinski definition) is 5. The first-order chi connectivity index (χ1) is 5.57. The van der Waals surface area contributed by atoms with Crippen LogP contribution < -0.4 is 5.32 Å². The summed E-state index contributed by atoms with van der Waals surface area (Å²) in [7, 11) is 0. The summed E-state index contributed by atoms with van der Waals surface area (Å²) in [5, 5.41) is 39.3. The minimum Gasteiger partial charge on any atom is -0.395 e. The third kappa shape index (κ3) is 1.60. The van der Waals surface area contributed by atoms with Gasteiger partial charge in [-0.05, 0) is 0 Å². The lowest BCUT2D eigenvalue weighted by Gasteiger charge is -2.39. The molecule has 0 aromatic carbocycles. The molecule has 0 aromatic rings. The molecule has 5 heteroatoms. The summed E-state index contributed by atoms with van der Waals surface area (Å²) in [6.07, 6.45) is -2.88. The molecule has 1 aliphatic heterocycles. The highest BCUT2D eigenvalue weighted by atomic mass is 16.3. The van der Waals surface area contributed by atoms with Gasteiger partial charge in [0, 0.05) is 5.92 Å². The van der Waals surface area contributed by atoms with Crippen LogP contribution in [0.1, 0.15) is 6.92 Å². The molecule has 1 rings (SSSR count). The van der Waals surface area contributed by atoms with Crippen LogP contribution in [0.5, 0.6) is 0 Å². The monoisotopic (exact) mass is 177 g/mol. The fourth-order valence-electron chi connectivity index (χ4n) is 1.37. The molecule has 5 N–H and O–H groups in total. The Morgan fingerprint density at radius 1 is 1.17 bits per heavy atom. The smallest absolute Gasteiger partial charge is 0.110 e. The molecule has 12 heavy (non-hydrogen) atoms. The van der Waals surface area contributed by atoms with Crippen molar-refractivity contribution >= 4 is 0 Å². The highest BCUT2D eigenvalue weighted by Gasteiger charge is 2.39. The summed E-state index contributed by atoms with van der Waals surface area (Å²) >= 11 is 0. The zero-order chi connectivity index (χ0) is 9.30. The van der Waals surface area contributed by atoms with Gasteiger partial charge in [-0.2, -0.15) is 0 Å². The Bertz CT molecular complexity index is 150. The Morgan fingerprint density at radius 3 is 2.25 bits per heavy atom. The van der Waals surface area contributed by atoms with Crippen LogP contribution >= 0.6 is 0 Å². The SMILES string of the molecule is CC1C(O)NC(CO)C(O)C1O. The van der Waals surface area contributed by atoms with E-state index < -0.39 is 30.4 Å². The van der Waals surface area contributed by atoms with Crippen LogP contribution in [0.2, 0.25) is 0 Å². The molecule has 0 saturated carbocycles. The van der Waals surface area contributed by atoms with E-state index in [0.717, 1.165) is 0 Å². The summed E-state index contributed by atoms with van der Waals surface area (Å²) in [4.78, 5) is 0. The topological polar surface area (TPSA) is 93.0 Å². The minimum atomic E-state index is -1.02. The van der Waals surface area contributed by atoms with E-state index >= 15 is 0 Å². The molecule has 1 aliphatic rings. The van der Waals surface area contributed by atoms with Crippen molar-refractivity contribution in [2.24, 2.45) is 5.92 Å². The van der Waals surface area contributed by atoms with Crippen LogP contribution in [-0.2, 0) is 0 Å². The number of hydrogen-bond donors (Lipinski definition) is 5. The van der Waals surface area contributed by atoms with Crippen LogP contribution in [0.15, 0.2) is 0 Å². The number of aliphatic hydroxyl groups is 4. The first-order valence-corrected chi connectivity index (χ1v) is 3.99. The molecule has 1 saturated heterocycles. The molecular weight excluding hydrogens is 162 g/mol. The lowest BCUT2D eigenvalue weighted by Crippen LogP contribution is -2.62. The highest BCUT2D eigenvalue weighted by Crippen LogP contribution is 2.19. The van der Waals surface area contributed by atoms with Crippen LogP contribution in [0.4, 0.5) is 0 Å². The zero-order valence-electron chi connectivity index (χ0n) is 6.88. The quantitative estimate of drug-likeness (QED) is 0.308. The van der Waals surface area contributed by atoms with E-state index in [1.165, 1.54) is 0 Å². The molecule has 0 spiro atoms. The maximum atomic E-state index is 9.36. The summed E-state index contributed by atoms with van der Waals surface area (Å²) in [5.74, 6) is -0.428. The van der Waals surface area contributed by atoms with E-state index in [4.69, 9.17) is 5.11 Å². The second kappa shape index (κ2) is 3.68. The van der Waals surface area contributed by atoms with Gasteiger partial charge in [0.2, 0.25) is 0 Å². The molecule has 0 aliphatic carbocycles. The molecule has 0 radical (unpaired) electrons. The highest BCUT2D eigenvalue weighted by molar-refractivity contribution is 4.92. The maximum Gasteiger partial charge on any atom is 0.110 e. The fraction of sp³-hybridized carbons (Fsp3) is 1.00. The Balaban J connectivity index is 2.63. The average Bonchev–Trinajstić information content (AvgIpc) is 2.08. The molecule has 0 amide bonds. The molecule has 0 aromatic heterocycles. The lowest BCUT2D eigenvalue weighted by atomic mass is 9.89. The van der Waals surface area contributed by atoms with Gasteiger partial charge >= 0.3 is 0 Å². The lowest BCUT2D eigenvalue weighted by molar-refractivity contribution is -0.122. The Labute approximate surface area is 70.6 Å². The Kier molecular flexibility index (Phi) is 3.03. The van der Waals surface area contributed by atoms with Crippen molar-refractivity contribution in [3.63, 3.8) is 0 Å². The normalized spacial score (nSPS) is 49.2. The van der Waals surface area contributed by atoms with Crippen LogP contribution in [0.25, 0.3) is 0 Å². The third-order valence-electron chi connectivity index (χ3n) is 2.38. The van der Waals surface area contributed by atoms with Crippen LogP contribution in [0.3, 0.4) is 0 Å². The summed E-state index contributed by atoms with van der Waals surface area (Å²) in [5.41, 5.74) is 0. The Morgan fingerprint density at radius 2 is 1.75 bits per heavy atom. The molecule has 5 atom stereocenters. The van der Waals surface area contributed by atoms with Gasteiger partial charge in [0.15, 0.2) is 0 Å². The van der Waals surface area contributed by atoms with Gasteiger partial charge in [0.1, 0.15) is 6.23 Å². The van der Waals surface area contributed by atoms with Crippen molar-refractivity contribution < 1.29 is 20.4 Å². The first kappa shape index (κ1) is 9.88. The van der Waals surface area contributed by atoms with E-state index in [1.807, 2.05) is 0 Å². The standard InChI is InChI=1S/C7H15NO4/c1-3-5(10)6(11)4(2-9)8-7(3)12/h3-12H,2H2,1H3. The van der Waals surface area contributed by atoms with Gasteiger partial charge < -0.3 is 20.4 Å². The molecular formula is C7H15NO4. The van der Waals surface area contributed by atoms with Gasteiger partial charge in [-0.1, -0.05) is 6.92 Å². The number of aliphatic hydroxyl groups excluding tert-OH is 4. The number of piperidine rings is 1. The van der Waals surface area contributed by atoms with Crippen molar-refractivity contribution in [3.8, 4) is 0 Å². The molecule has 0 bridgehead atoms. The van der Waals surface area contributed by atoms with E-state index in [2.05, 4.69) is 5.32 Å². The van der Waals surface area contributed by atoms with E-state index in [9.17, 15) is 15.3 Å². The molecule has 5 nitrogen and oxygen atoms in total. The maximum absolute atomic E-state index is 9.36. The van der Waals surface area contributed by atoms with Gasteiger partial charge in [-0.15, -0.1) is 0 Å². The van der Waals surface area contributed by atoms with Gasteiger partial charge in [0.25, 0.3) is 0 Å². The van der Waals surface area contributed by atoms with E-state index in [-0.39, 0.29) is 6.61 Å². The Hall–Kier alpha value is -0.200. The van der Waals surface area contributed by atoms with Crippen LogP contribution in [-0.4, -0.2) is 51.5 Å². The fourth-order valence-corrected chi connectivity index (χ4v) is 1.37. The second-order valence-electron chi connectivity index (χ2n) is 3.24. The molecule has 5 unspecified atom stereocenters. The zero-order valence-corrected chi connectivity index (χ0v) is 6.88. The molecule has 1 heterocycles. The summed E-state index contributed by atoms with van der Waals surface area (Å²) < 4.78 is 0. The van der Waals surface area contributed by atoms with Gasteiger partial charge in [-0.3, -0.25) is 5.32 Å². The van der Waals surface area contributed by atoms with E-state index in [0.29, 0.717) is 0 Å². The summed E-state index contributed by atoms with van der Waals surface area (Å²) in [6, 6.07) is -0.647. The average molecular weight is 177 g/mol. The van der Waals surface area contributed by atoms with Crippen molar-refractivity contribution in [1.82, 2.24) is 5.32 Å². The third-order valence-corrected chi connectivity index (χ3v) is 2.38. The predicted octanol–water partition coefficient (Wildman–Crippen LogP) is -2.37. The van der Waals surface area contributed by atoms with Crippen molar-refractivity contribution in [2.45, 2.75) is 31.4 Å². The predicted molar refractivity (Wildman–Crippen MR) is 41.2 cm³/mol. The second-order valence-corrected chi connectivity index (χ2v) is 3.24. The van der Waals surface area contributed by atoms with E-state index in [1.54, 1.807) is 6.92 Å². The van der Waals surface area contributed by atoms with Crippen molar-refractivity contribution in [1.29, 1.82) is 0 Å². The van der Waals surface area contributed by atoms with Crippen molar-refractivity contribution in [2.75, 3.05) is 6.61 Å². The molecule has 72 valence electrons. The summed E-state index contributed by atoms with van der Waals surface area (Å²) in [6.45, 7) is 1.32. The van der Waals surface area contributed by atoms with Crippen molar-refractivity contribution in [3.05, 3.63) is 0 Å².